The summed E-state index contributed by atoms with van der Waals surface area (Å²) in [6.45, 7) is 5.52. The highest BCUT2D eigenvalue weighted by Crippen LogP contribution is 2.18. The first-order valence-electron chi connectivity index (χ1n) is 6.86. The molecule has 2 rings (SSSR count). The number of aryl methyl sites for hydroxylation is 2. The summed E-state index contributed by atoms with van der Waals surface area (Å²) in [6.07, 6.45) is -0.768. The highest BCUT2D eigenvalue weighted by atomic mass is 19.2. The number of anilines is 1. The number of rotatable bonds is 4. The van der Waals surface area contributed by atoms with E-state index in [1.807, 2.05) is 26.0 Å². The highest BCUT2D eigenvalue weighted by Gasteiger charge is 2.16. The monoisotopic (exact) mass is 305 g/mol. The second-order valence-corrected chi connectivity index (χ2v) is 5.12. The van der Waals surface area contributed by atoms with Crippen LogP contribution in [0.1, 0.15) is 18.1 Å². The molecule has 0 heterocycles. The molecule has 1 amide bonds. The molecular formula is C17H17F2NO2. The molecule has 116 valence electrons. The minimum absolute atomic E-state index is 0.180. The van der Waals surface area contributed by atoms with Gasteiger partial charge in [0.2, 0.25) is 0 Å². The lowest BCUT2D eigenvalue weighted by atomic mass is 10.1. The quantitative estimate of drug-likeness (QED) is 0.927. The van der Waals surface area contributed by atoms with E-state index in [0.717, 1.165) is 23.3 Å². The van der Waals surface area contributed by atoms with Gasteiger partial charge in [-0.1, -0.05) is 6.07 Å². The summed E-state index contributed by atoms with van der Waals surface area (Å²) < 4.78 is 31.5. The summed E-state index contributed by atoms with van der Waals surface area (Å²) >= 11 is 0. The van der Waals surface area contributed by atoms with E-state index in [2.05, 4.69) is 5.32 Å². The number of amides is 1. The third-order valence-electron chi connectivity index (χ3n) is 3.35. The average molecular weight is 305 g/mol. The predicted octanol–water partition coefficient (Wildman–Crippen LogP) is 3.99. The average Bonchev–Trinajstić information content (AvgIpc) is 2.46. The van der Waals surface area contributed by atoms with Crippen molar-refractivity contribution in [3.05, 3.63) is 59.2 Å². The van der Waals surface area contributed by atoms with Gasteiger partial charge in [-0.15, -0.1) is 0 Å². The zero-order valence-electron chi connectivity index (χ0n) is 12.6. The van der Waals surface area contributed by atoms with Gasteiger partial charge in [0.15, 0.2) is 17.7 Å². The zero-order valence-corrected chi connectivity index (χ0v) is 12.6. The van der Waals surface area contributed by atoms with Crippen molar-refractivity contribution < 1.29 is 18.3 Å². The molecule has 1 atom stereocenters. The maximum atomic E-state index is 13.1. The molecule has 0 bridgehead atoms. The van der Waals surface area contributed by atoms with Gasteiger partial charge in [0.25, 0.3) is 5.91 Å². The molecule has 0 aromatic heterocycles. The molecule has 0 aliphatic carbocycles. The van der Waals surface area contributed by atoms with Gasteiger partial charge in [0.05, 0.1) is 0 Å². The van der Waals surface area contributed by atoms with Gasteiger partial charge in [-0.05, 0) is 56.2 Å². The van der Waals surface area contributed by atoms with Crippen LogP contribution < -0.4 is 10.1 Å². The minimum Gasteiger partial charge on any atom is -0.481 e. The van der Waals surface area contributed by atoms with Crippen molar-refractivity contribution in [1.82, 2.24) is 0 Å². The van der Waals surface area contributed by atoms with E-state index >= 15 is 0 Å². The van der Waals surface area contributed by atoms with E-state index in [1.165, 1.54) is 6.07 Å². The van der Waals surface area contributed by atoms with E-state index in [0.29, 0.717) is 5.75 Å². The highest BCUT2D eigenvalue weighted by molar-refractivity contribution is 5.94. The maximum absolute atomic E-state index is 13.1. The number of carbonyl (C=O) groups excluding carboxylic acids is 1. The molecule has 2 aromatic rings. The molecule has 0 aliphatic rings. The Morgan fingerprint density at radius 1 is 1.05 bits per heavy atom. The molecule has 5 heteroatoms. The van der Waals surface area contributed by atoms with Crippen molar-refractivity contribution >= 4 is 11.6 Å². The molecule has 1 N–H and O–H groups in total. The first kappa shape index (κ1) is 15.9. The van der Waals surface area contributed by atoms with Crippen LogP contribution in [0.4, 0.5) is 14.5 Å². The van der Waals surface area contributed by atoms with Crippen LogP contribution in [0.5, 0.6) is 5.75 Å². The first-order valence-corrected chi connectivity index (χ1v) is 6.86. The number of carbonyl (C=O) groups is 1. The SMILES string of the molecule is Cc1ccc(O[C@H](C)C(=O)Nc2ccc(F)c(F)c2)cc1C. The van der Waals surface area contributed by atoms with Gasteiger partial charge in [-0.3, -0.25) is 4.79 Å². The van der Waals surface area contributed by atoms with Gasteiger partial charge in [-0.2, -0.15) is 0 Å². The Bertz CT molecular complexity index is 701. The van der Waals surface area contributed by atoms with Crippen LogP contribution in [0.2, 0.25) is 0 Å². The predicted molar refractivity (Wildman–Crippen MR) is 81.0 cm³/mol. The van der Waals surface area contributed by atoms with Gasteiger partial charge in [-0.25, -0.2) is 8.78 Å². The molecule has 0 spiro atoms. The van der Waals surface area contributed by atoms with Crippen molar-refractivity contribution in [1.29, 1.82) is 0 Å². The van der Waals surface area contributed by atoms with Crippen molar-refractivity contribution in [2.75, 3.05) is 5.32 Å². The lowest BCUT2D eigenvalue weighted by Crippen LogP contribution is -2.30. The van der Waals surface area contributed by atoms with E-state index < -0.39 is 23.6 Å². The minimum atomic E-state index is -1.01. The second-order valence-electron chi connectivity index (χ2n) is 5.12. The lowest BCUT2D eigenvalue weighted by Gasteiger charge is -2.15. The van der Waals surface area contributed by atoms with Crippen LogP contribution in [-0.2, 0) is 4.79 Å². The van der Waals surface area contributed by atoms with E-state index in [-0.39, 0.29) is 5.69 Å². The number of halogens is 2. The normalized spacial score (nSPS) is 11.9. The Morgan fingerprint density at radius 3 is 2.41 bits per heavy atom. The van der Waals surface area contributed by atoms with Gasteiger partial charge in [0.1, 0.15) is 5.75 Å². The molecule has 0 unspecified atom stereocenters. The summed E-state index contributed by atoms with van der Waals surface area (Å²) in [5.41, 5.74) is 2.37. The zero-order chi connectivity index (χ0) is 16.3. The van der Waals surface area contributed by atoms with E-state index in [1.54, 1.807) is 13.0 Å². The first-order chi connectivity index (χ1) is 10.4. The van der Waals surface area contributed by atoms with Gasteiger partial charge >= 0.3 is 0 Å². The summed E-state index contributed by atoms with van der Waals surface area (Å²) in [6, 6.07) is 8.71. The molecular weight excluding hydrogens is 288 g/mol. The van der Waals surface area contributed by atoms with E-state index in [9.17, 15) is 13.6 Å². The van der Waals surface area contributed by atoms with Crippen LogP contribution in [-0.4, -0.2) is 12.0 Å². The largest absolute Gasteiger partial charge is 0.481 e. The van der Waals surface area contributed by atoms with Crippen molar-refractivity contribution in [2.24, 2.45) is 0 Å². The van der Waals surface area contributed by atoms with Crippen LogP contribution in [0, 0.1) is 25.5 Å². The van der Waals surface area contributed by atoms with Crippen molar-refractivity contribution in [2.45, 2.75) is 26.9 Å². The Morgan fingerprint density at radius 2 is 1.77 bits per heavy atom. The number of benzene rings is 2. The molecule has 22 heavy (non-hydrogen) atoms. The number of hydrogen-bond donors (Lipinski definition) is 1. The molecule has 0 aliphatic heterocycles. The maximum Gasteiger partial charge on any atom is 0.265 e. The Kier molecular flexibility index (Phi) is 4.75. The molecule has 0 saturated carbocycles. The summed E-state index contributed by atoms with van der Waals surface area (Å²) in [5.74, 6) is -1.83. The fraction of sp³-hybridized carbons (Fsp3) is 0.235. The number of hydrogen-bond acceptors (Lipinski definition) is 2. The lowest BCUT2D eigenvalue weighted by molar-refractivity contribution is -0.122. The molecule has 0 fully saturated rings. The Hall–Kier alpha value is -2.43. The number of nitrogens with one attached hydrogen (secondary N) is 1. The van der Waals surface area contributed by atoms with Gasteiger partial charge in [0, 0.05) is 11.8 Å². The van der Waals surface area contributed by atoms with Crippen LogP contribution in [0.25, 0.3) is 0 Å². The summed E-state index contributed by atoms with van der Waals surface area (Å²) in [5, 5.41) is 2.49. The summed E-state index contributed by atoms with van der Waals surface area (Å²) in [4.78, 5) is 12.0. The van der Waals surface area contributed by atoms with Crippen molar-refractivity contribution in [3.8, 4) is 5.75 Å². The molecule has 0 saturated heterocycles. The third-order valence-corrected chi connectivity index (χ3v) is 3.35. The number of ether oxygens (including phenoxy) is 1. The van der Waals surface area contributed by atoms with Crippen LogP contribution >= 0.6 is 0 Å². The standard InChI is InChI=1S/C17H17F2NO2/c1-10-4-6-14(8-11(10)2)22-12(3)17(21)20-13-5-7-15(18)16(19)9-13/h4-9,12H,1-3H3,(H,20,21)/t12-/m1/s1. The topological polar surface area (TPSA) is 38.3 Å². The smallest absolute Gasteiger partial charge is 0.265 e. The van der Waals surface area contributed by atoms with Gasteiger partial charge < -0.3 is 10.1 Å². The molecule has 0 radical (unpaired) electrons. The van der Waals surface area contributed by atoms with E-state index in [4.69, 9.17) is 4.74 Å². The third kappa shape index (κ3) is 3.81. The second kappa shape index (κ2) is 6.56. The fourth-order valence-corrected chi connectivity index (χ4v) is 1.86. The van der Waals surface area contributed by atoms with Crippen LogP contribution in [0.15, 0.2) is 36.4 Å². The Labute approximate surface area is 127 Å². The summed E-state index contributed by atoms with van der Waals surface area (Å²) in [7, 11) is 0. The molecule has 3 nitrogen and oxygen atoms in total. The molecule has 2 aromatic carbocycles. The Balaban J connectivity index is 2.02. The van der Waals surface area contributed by atoms with Crippen molar-refractivity contribution in [3.63, 3.8) is 0 Å². The fourth-order valence-electron chi connectivity index (χ4n) is 1.86. The van der Waals surface area contributed by atoms with Crippen LogP contribution in [0.3, 0.4) is 0 Å².